The van der Waals surface area contributed by atoms with E-state index in [0.717, 1.165) is 33.5 Å². The van der Waals surface area contributed by atoms with Crippen LogP contribution in [0.2, 0.25) is 0 Å². The van der Waals surface area contributed by atoms with Gasteiger partial charge in [0.2, 0.25) is 0 Å². The van der Waals surface area contributed by atoms with Gasteiger partial charge in [0.05, 0.1) is 6.20 Å². The van der Waals surface area contributed by atoms with Gasteiger partial charge in [0.15, 0.2) is 0 Å². The number of rotatable bonds is 4. The summed E-state index contributed by atoms with van der Waals surface area (Å²) < 4.78 is 0. The zero-order valence-electron chi connectivity index (χ0n) is 15.4. The van der Waals surface area contributed by atoms with E-state index in [1.54, 1.807) is 6.20 Å². The second-order valence-electron chi connectivity index (χ2n) is 6.79. The first-order valence-electron chi connectivity index (χ1n) is 9.00. The maximum absolute atomic E-state index is 11.0. The molecule has 0 aliphatic heterocycles. The molecular formula is C23H22N3O+. The number of phenolic OH excluding ortho intramolecular Hbond substituents is 1. The van der Waals surface area contributed by atoms with Crippen molar-refractivity contribution in [1.29, 1.82) is 0 Å². The average Bonchev–Trinajstić information content (AvgIpc) is 2.68. The Hall–Kier alpha value is -3.40. The lowest BCUT2D eigenvalue weighted by Gasteiger charge is -2.19. The highest BCUT2D eigenvalue weighted by atomic mass is 16.3. The van der Waals surface area contributed by atoms with Crippen molar-refractivity contribution in [3.05, 3.63) is 95.3 Å². The van der Waals surface area contributed by atoms with Crippen LogP contribution in [0.15, 0.2) is 73.1 Å². The molecule has 2 heterocycles. The summed E-state index contributed by atoms with van der Waals surface area (Å²) in [6.45, 7) is 4.14. The number of aromatic amines is 1. The fourth-order valence-corrected chi connectivity index (χ4v) is 3.43. The van der Waals surface area contributed by atoms with Crippen molar-refractivity contribution in [3.63, 3.8) is 0 Å². The molecular weight excluding hydrogens is 334 g/mol. The molecule has 2 aromatic carbocycles. The van der Waals surface area contributed by atoms with Crippen LogP contribution in [0.5, 0.6) is 5.75 Å². The molecule has 0 saturated heterocycles. The number of H-pyrrole nitrogens is 1. The van der Waals surface area contributed by atoms with E-state index in [-0.39, 0.29) is 11.8 Å². The molecule has 27 heavy (non-hydrogen) atoms. The second-order valence-corrected chi connectivity index (χ2v) is 6.79. The van der Waals surface area contributed by atoms with Crippen molar-refractivity contribution < 1.29 is 10.1 Å². The van der Waals surface area contributed by atoms with E-state index in [1.807, 2.05) is 48.7 Å². The number of benzene rings is 2. The van der Waals surface area contributed by atoms with Crippen molar-refractivity contribution >= 4 is 16.7 Å². The van der Waals surface area contributed by atoms with Crippen molar-refractivity contribution in [3.8, 4) is 5.75 Å². The highest BCUT2D eigenvalue weighted by molar-refractivity contribution is 5.86. The maximum Gasteiger partial charge on any atom is 0.273 e. The summed E-state index contributed by atoms with van der Waals surface area (Å²) in [6, 6.07) is 19.9. The zero-order valence-corrected chi connectivity index (χ0v) is 15.4. The smallest absolute Gasteiger partial charge is 0.273 e. The summed E-state index contributed by atoms with van der Waals surface area (Å²) in [4.78, 5) is 7.62. The second kappa shape index (κ2) is 7.08. The minimum atomic E-state index is -0.212. The minimum absolute atomic E-state index is 0.210. The Kier molecular flexibility index (Phi) is 4.47. The number of aromatic nitrogens is 2. The third kappa shape index (κ3) is 3.34. The molecule has 134 valence electrons. The lowest BCUT2D eigenvalue weighted by molar-refractivity contribution is -0.361. The van der Waals surface area contributed by atoms with E-state index in [4.69, 9.17) is 0 Å². The largest absolute Gasteiger partial charge is 0.505 e. The van der Waals surface area contributed by atoms with Gasteiger partial charge in [-0.1, -0.05) is 36.4 Å². The normalized spacial score (nSPS) is 12.1. The van der Waals surface area contributed by atoms with Crippen LogP contribution in [-0.2, 0) is 0 Å². The maximum atomic E-state index is 11.0. The fraction of sp³-hybridized carbons (Fsp3) is 0.130. The Morgan fingerprint density at radius 3 is 2.63 bits per heavy atom. The van der Waals surface area contributed by atoms with Gasteiger partial charge in [-0.15, -0.1) is 0 Å². The molecule has 4 heteroatoms. The van der Waals surface area contributed by atoms with Crippen molar-refractivity contribution in [2.24, 2.45) is 0 Å². The number of nitrogens with zero attached hydrogens (tertiary/aromatic N) is 1. The van der Waals surface area contributed by atoms with Gasteiger partial charge in [-0.2, -0.15) is 0 Å². The van der Waals surface area contributed by atoms with E-state index >= 15 is 0 Å². The number of hydrogen-bond acceptors (Lipinski definition) is 3. The molecule has 4 rings (SSSR count). The van der Waals surface area contributed by atoms with Gasteiger partial charge in [0, 0.05) is 28.8 Å². The first kappa shape index (κ1) is 17.0. The summed E-state index contributed by atoms with van der Waals surface area (Å²) in [6.07, 6.45) is 3.62. The first-order chi connectivity index (χ1) is 13.1. The number of anilines is 1. The van der Waals surface area contributed by atoms with Gasteiger partial charge in [0.1, 0.15) is 17.3 Å². The Labute approximate surface area is 158 Å². The molecule has 0 amide bonds. The molecule has 0 aliphatic carbocycles. The summed E-state index contributed by atoms with van der Waals surface area (Å²) in [5, 5.41) is 15.5. The van der Waals surface area contributed by atoms with Gasteiger partial charge in [-0.3, -0.25) is 10.3 Å². The number of phenols is 1. The molecule has 1 atom stereocenters. The SMILES string of the molecule is Cc1cc[nH+]c(N[C@H](c2ccccc2C)c2ccc3cccnc3c2O)c1. The summed E-state index contributed by atoms with van der Waals surface area (Å²) in [5.41, 5.74) is 4.83. The third-order valence-electron chi connectivity index (χ3n) is 4.85. The van der Waals surface area contributed by atoms with E-state index in [0.29, 0.717) is 5.52 Å². The molecule has 0 spiro atoms. The van der Waals surface area contributed by atoms with Gasteiger partial charge in [-0.05, 0) is 43.2 Å². The van der Waals surface area contributed by atoms with E-state index in [1.165, 1.54) is 0 Å². The number of aromatic hydroxyl groups is 1. The Balaban J connectivity index is 1.88. The van der Waals surface area contributed by atoms with Crippen LogP contribution in [0.4, 0.5) is 5.82 Å². The van der Waals surface area contributed by atoms with Crippen LogP contribution < -0.4 is 10.3 Å². The molecule has 0 unspecified atom stereocenters. The fourth-order valence-electron chi connectivity index (χ4n) is 3.43. The topological polar surface area (TPSA) is 59.3 Å². The Morgan fingerprint density at radius 2 is 1.81 bits per heavy atom. The molecule has 0 fully saturated rings. The van der Waals surface area contributed by atoms with Crippen LogP contribution in [0.25, 0.3) is 10.9 Å². The molecule has 2 aromatic heterocycles. The van der Waals surface area contributed by atoms with Gasteiger partial charge in [0.25, 0.3) is 5.82 Å². The summed E-state index contributed by atoms with van der Waals surface area (Å²) in [7, 11) is 0. The molecule has 0 bridgehead atoms. The van der Waals surface area contributed by atoms with Crippen LogP contribution in [-0.4, -0.2) is 10.1 Å². The van der Waals surface area contributed by atoms with Crippen LogP contribution >= 0.6 is 0 Å². The monoisotopic (exact) mass is 356 g/mol. The predicted octanol–water partition coefficient (Wildman–Crippen LogP) is 4.57. The lowest BCUT2D eigenvalue weighted by Crippen LogP contribution is -2.20. The number of aryl methyl sites for hydroxylation is 2. The number of pyridine rings is 2. The number of fused-ring (bicyclic) bond motifs is 1. The van der Waals surface area contributed by atoms with Crippen LogP contribution in [0.3, 0.4) is 0 Å². The quantitative estimate of drug-likeness (QED) is 0.563. The third-order valence-corrected chi connectivity index (χ3v) is 4.85. The number of hydrogen-bond donors (Lipinski definition) is 2. The lowest BCUT2D eigenvalue weighted by atomic mass is 9.93. The van der Waals surface area contributed by atoms with Gasteiger partial charge >= 0.3 is 0 Å². The Morgan fingerprint density at radius 1 is 0.963 bits per heavy atom. The number of nitrogens with one attached hydrogen (secondary N) is 2. The first-order valence-corrected chi connectivity index (χ1v) is 9.00. The summed E-state index contributed by atoms with van der Waals surface area (Å²) in [5.74, 6) is 1.10. The van der Waals surface area contributed by atoms with E-state index < -0.39 is 0 Å². The van der Waals surface area contributed by atoms with Gasteiger partial charge in [-0.25, -0.2) is 4.98 Å². The minimum Gasteiger partial charge on any atom is -0.505 e. The molecule has 4 aromatic rings. The van der Waals surface area contributed by atoms with Crippen molar-refractivity contribution in [2.75, 3.05) is 5.32 Å². The molecule has 0 aliphatic rings. The highest BCUT2D eigenvalue weighted by Gasteiger charge is 2.25. The average molecular weight is 356 g/mol. The van der Waals surface area contributed by atoms with E-state index in [2.05, 4.69) is 47.3 Å². The summed E-state index contributed by atoms with van der Waals surface area (Å²) >= 11 is 0. The molecule has 0 saturated carbocycles. The predicted molar refractivity (Wildman–Crippen MR) is 108 cm³/mol. The Bertz CT molecular complexity index is 1110. The van der Waals surface area contributed by atoms with Gasteiger partial charge < -0.3 is 5.11 Å². The molecule has 4 nitrogen and oxygen atoms in total. The van der Waals surface area contributed by atoms with Crippen molar-refractivity contribution in [2.45, 2.75) is 19.9 Å². The molecule has 0 radical (unpaired) electrons. The van der Waals surface area contributed by atoms with Crippen LogP contribution in [0.1, 0.15) is 28.3 Å². The zero-order chi connectivity index (χ0) is 18.8. The molecule has 3 N–H and O–H groups in total. The van der Waals surface area contributed by atoms with Crippen LogP contribution in [0, 0.1) is 13.8 Å². The van der Waals surface area contributed by atoms with E-state index in [9.17, 15) is 5.11 Å². The standard InChI is InChI=1S/C23H21N3O/c1-15-11-13-24-20(14-15)26-22(18-8-4-3-6-16(18)2)19-10-9-17-7-5-12-25-21(17)23(19)27/h3-14,22,27H,1-2H3,(H,24,26)/p+1/t22-/m1/s1. The van der Waals surface area contributed by atoms with Crippen molar-refractivity contribution in [1.82, 2.24) is 4.98 Å². The highest BCUT2D eigenvalue weighted by Crippen LogP contribution is 2.36.